The van der Waals surface area contributed by atoms with Crippen molar-refractivity contribution in [1.82, 2.24) is 9.80 Å². The van der Waals surface area contributed by atoms with Crippen molar-refractivity contribution in [2.75, 3.05) is 31.3 Å². The third kappa shape index (κ3) is 2.89. The fraction of sp³-hybridized carbons (Fsp3) is 0.846. The first-order chi connectivity index (χ1) is 9.00. The van der Waals surface area contributed by atoms with Crippen LogP contribution in [0.4, 0.5) is 0 Å². The number of nitrogens with two attached hydrogens (primary N) is 1. The predicted octanol–water partition coefficient (Wildman–Crippen LogP) is 0.495. The number of hydrogen-bond donors (Lipinski definition) is 1. The largest absolute Gasteiger partial charge is 0.340 e. The summed E-state index contributed by atoms with van der Waals surface area (Å²) in [5.41, 5.74) is 5.82. The molecule has 0 aliphatic carbocycles. The summed E-state index contributed by atoms with van der Waals surface area (Å²) in [5.74, 6) is 1.54. The van der Waals surface area contributed by atoms with Gasteiger partial charge in [0.15, 0.2) is 0 Å². The maximum Gasteiger partial charge on any atom is 0.246 e. The van der Waals surface area contributed by atoms with E-state index in [-0.39, 0.29) is 23.3 Å². The lowest BCUT2D eigenvalue weighted by atomic mass is 9.90. The number of thioether (sulfide) groups is 1. The van der Waals surface area contributed by atoms with Crippen LogP contribution in [0.15, 0.2) is 0 Å². The number of likely N-dealkylation sites (tertiary alicyclic amines) is 1. The SMILES string of the molecule is CCC(=O)N1CSCC1C(=O)N1CCC(C)(CN)C1. The molecule has 5 nitrogen and oxygen atoms in total. The zero-order chi connectivity index (χ0) is 14.0. The van der Waals surface area contributed by atoms with Crippen LogP contribution in [0, 0.1) is 5.41 Å². The Morgan fingerprint density at radius 2 is 2.21 bits per heavy atom. The molecule has 0 bridgehead atoms. The zero-order valence-corrected chi connectivity index (χ0v) is 12.5. The second-order valence-corrected chi connectivity index (χ2v) is 6.76. The highest BCUT2D eigenvalue weighted by molar-refractivity contribution is 7.99. The van der Waals surface area contributed by atoms with Gasteiger partial charge in [-0.2, -0.15) is 0 Å². The van der Waals surface area contributed by atoms with Crippen LogP contribution < -0.4 is 5.73 Å². The Morgan fingerprint density at radius 1 is 1.47 bits per heavy atom. The monoisotopic (exact) mass is 285 g/mol. The Hall–Kier alpha value is -0.750. The summed E-state index contributed by atoms with van der Waals surface area (Å²) in [5, 5.41) is 0. The molecule has 0 aromatic carbocycles. The van der Waals surface area contributed by atoms with Crippen molar-refractivity contribution in [3.8, 4) is 0 Å². The van der Waals surface area contributed by atoms with Crippen molar-refractivity contribution >= 4 is 23.6 Å². The topological polar surface area (TPSA) is 66.6 Å². The first-order valence-corrected chi connectivity index (χ1v) is 8.02. The molecule has 2 amide bonds. The van der Waals surface area contributed by atoms with Crippen LogP contribution in [-0.2, 0) is 9.59 Å². The van der Waals surface area contributed by atoms with Gasteiger partial charge < -0.3 is 15.5 Å². The summed E-state index contributed by atoms with van der Waals surface area (Å²) in [6, 6.07) is -0.266. The lowest BCUT2D eigenvalue weighted by molar-refractivity contribution is -0.142. The number of carbonyl (C=O) groups excluding carboxylic acids is 2. The molecular formula is C13H23N3O2S. The molecule has 0 aromatic heterocycles. The van der Waals surface area contributed by atoms with E-state index in [1.54, 1.807) is 16.7 Å². The lowest BCUT2D eigenvalue weighted by Gasteiger charge is -2.28. The number of carbonyl (C=O) groups is 2. The molecule has 2 N–H and O–H groups in total. The molecule has 0 aromatic rings. The van der Waals surface area contributed by atoms with E-state index in [9.17, 15) is 9.59 Å². The fourth-order valence-corrected chi connectivity index (χ4v) is 3.86. The summed E-state index contributed by atoms with van der Waals surface area (Å²) >= 11 is 1.66. The molecule has 2 atom stereocenters. The second kappa shape index (κ2) is 5.71. The summed E-state index contributed by atoms with van der Waals surface area (Å²) in [7, 11) is 0. The van der Waals surface area contributed by atoms with Crippen molar-refractivity contribution < 1.29 is 9.59 Å². The van der Waals surface area contributed by atoms with Gasteiger partial charge in [-0.25, -0.2) is 0 Å². The Balaban J connectivity index is 2.02. The molecule has 0 saturated carbocycles. The Kier molecular flexibility index (Phi) is 4.40. The van der Waals surface area contributed by atoms with E-state index in [0.717, 1.165) is 25.3 Å². The lowest BCUT2D eigenvalue weighted by Crippen LogP contribution is -2.48. The van der Waals surface area contributed by atoms with Crippen LogP contribution >= 0.6 is 11.8 Å². The minimum Gasteiger partial charge on any atom is -0.340 e. The molecule has 2 unspecified atom stereocenters. The van der Waals surface area contributed by atoms with Crippen LogP contribution in [0.5, 0.6) is 0 Å². The highest BCUT2D eigenvalue weighted by Gasteiger charge is 2.41. The van der Waals surface area contributed by atoms with Crippen molar-refractivity contribution in [3.63, 3.8) is 0 Å². The van der Waals surface area contributed by atoms with Crippen molar-refractivity contribution in [1.29, 1.82) is 0 Å². The quantitative estimate of drug-likeness (QED) is 0.820. The van der Waals surface area contributed by atoms with Crippen LogP contribution in [0.2, 0.25) is 0 Å². The average Bonchev–Trinajstić information content (AvgIpc) is 3.04. The molecule has 2 saturated heterocycles. The third-order valence-electron chi connectivity index (χ3n) is 4.15. The fourth-order valence-electron chi connectivity index (χ4n) is 2.69. The van der Waals surface area contributed by atoms with Gasteiger partial charge in [0.1, 0.15) is 6.04 Å². The molecule has 6 heteroatoms. The normalized spacial score (nSPS) is 31.0. The first kappa shape index (κ1) is 14.7. The van der Waals surface area contributed by atoms with Crippen molar-refractivity contribution in [2.24, 2.45) is 11.1 Å². The molecule has 19 heavy (non-hydrogen) atoms. The molecule has 108 valence electrons. The van der Waals surface area contributed by atoms with E-state index in [0.29, 0.717) is 18.8 Å². The van der Waals surface area contributed by atoms with Gasteiger partial charge in [0.25, 0.3) is 0 Å². The number of nitrogens with zero attached hydrogens (tertiary/aromatic N) is 2. The molecule has 0 spiro atoms. The van der Waals surface area contributed by atoms with Gasteiger partial charge in [0, 0.05) is 25.3 Å². The Morgan fingerprint density at radius 3 is 2.79 bits per heavy atom. The highest BCUT2D eigenvalue weighted by Crippen LogP contribution is 2.31. The number of hydrogen-bond acceptors (Lipinski definition) is 4. The maximum absolute atomic E-state index is 12.6. The van der Waals surface area contributed by atoms with Crippen molar-refractivity contribution in [2.45, 2.75) is 32.7 Å². The average molecular weight is 285 g/mol. The summed E-state index contributed by atoms with van der Waals surface area (Å²) in [4.78, 5) is 28.0. The van der Waals surface area contributed by atoms with Gasteiger partial charge in [-0.1, -0.05) is 13.8 Å². The number of amides is 2. The maximum atomic E-state index is 12.6. The van der Waals surface area contributed by atoms with Crippen LogP contribution in [-0.4, -0.2) is 58.9 Å². The van der Waals surface area contributed by atoms with Gasteiger partial charge in [0.2, 0.25) is 11.8 Å². The second-order valence-electron chi connectivity index (χ2n) is 5.76. The Bertz CT molecular complexity index is 377. The summed E-state index contributed by atoms with van der Waals surface area (Å²) in [6.07, 6.45) is 1.42. The van der Waals surface area contributed by atoms with E-state index >= 15 is 0 Å². The molecule has 2 aliphatic heterocycles. The zero-order valence-electron chi connectivity index (χ0n) is 11.7. The van der Waals surface area contributed by atoms with E-state index in [1.807, 2.05) is 11.8 Å². The van der Waals surface area contributed by atoms with Gasteiger partial charge >= 0.3 is 0 Å². The summed E-state index contributed by atoms with van der Waals surface area (Å²) < 4.78 is 0. The minimum atomic E-state index is -0.266. The third-order valence-corrected chi connectivity index (χ3v) is 5.16. The van der Waals surface area contributed by atoms with E-state index in [1.165, 1.54) is 0 Å². The van der Waals surface area contributed by atoms with Crippen LogP contribution in [0.1, 0.15) is 26.7 Å². The van der Waals surface area contributed by atoms with Gasteiger partial charge in [-0.15, -0.1) is 11.8 Å². The predicted molar refractivity (Wildman–Crippen MR) is 76.6 cm³/mol. The Labute approximate surface area is 118 Å². The highest BCUT2D eigenvalue weighted by atomic mass is 32.2. The molecule has 2 aliphatic rings. The van der Waals surface area contributed by atoms with Crippen LogP contribution in [0.25, 0.3) is 0 Å². The molecule has 2 rings (SSSR count). The molecule has 0 radical (unpaired) electrons. The standard InChI is InChI=1S/C13H23N3O2S/c1-3-11(17)16-9-19-6-10(16)12(18)15-5-4-13(2,7-14)8-15/h10H,3-9,14H2,1-2H3. The minimum absolute atomic E-state index is 0.0427. The van der Waals surface area contributed by atoms with E-state index in [4.69, 9.17) is 5.73 Å². The first-order valence-electron chi connectivity index (χ1n) is 6.87. The molecule has 2 fully saturated rings. The summed E-state index contributed by atoms with van der Waals surface area (Å²) in [6.45, 7) is 6.06. The molecular weight excluding hydrogens is 262 g/mol. The van der Waals surface area contributed by atoms with Crippen molar-refractivity contribution in [3.05, 3.63) is 0 Å². The van der Waals surface area contributed by atoms with Gasteiger partial charge in [-0.05, 0) is 18.4 Å². The van der Waals surface area contributed by atoms with E-state index in [2.05, 4.69) is 6.92 Å². The smallest absolute Gasteiger partial charge is 0.246 e. The number of rotatable bonds is 3. The van der Waals surface area contributed by atoms with E-state index < -0.39 is 0 Å². The van der Waals surface area contributed by atoms with Gasteiger partial charge in [0.05, 0.1) is 5.88 Å². The van der Waals surface area contributed by atoms with Crippen LogP contribution in [0.3, 0.4) is 0 Å². The molecule has 2 heterocycles. The van der Waals surface area contributed by atoms with Gasteiger partial charge in [-0.3, -0.25) is 9.59 Å².